The SMILES string of the molecule is CC(C)(c1cc(NC(=O)Oc2ccc(Cl)cc2)no1)C(F)(F)F. The maximum Gasteiger partial charge on any atom is 0.418 e. The molecule has 0 radical (unpaired) electrons. The minimum Gasteiger partial charge on any atom is -0.410 e. The van der Waals surface area contributed by atoms with Crippen LogP contribution in [0.5, 0.6) is 5.75 Å². The predicted molar refractivity (Wildman–Crippen MR) is 76.7 cm³/mol. The van der Waals surface area contributed by atoms with Crippen LogP contribution in [0.3, 0.4) is 0 Å². The molecule has 0 aliphatic rings. The van der Waals surface area contributed by atoms with Gasteiger partial charge in [-0.3, -0.25) is 5.32 Å². The first kappa shape index (κ1) is 17.1. The lowest BCUT2D eigenvalue weighted by Gasteiger charge is -2.24. The maximum absolute atomic E-state index is 12.9. The monoisotopic (exact) mass is 348 g/mol. The van der Waals surface area contributed by atoms with Crippen molar-refractivity contribution in [1.29, 1.82) is 0 Å². The average Bonchev–Trinajstić information content (AvgIpc) is 2.89. The van der Waals surface area contributed by atoms with Crippen LogP contribution in [0.2, 0.25) is 5.02 Å². The van der Waals surface area contributed by atoms with E-state index in [-0.39, 0.29) is 11.6 Å². The van der Waals surface area contributed by atoms with Gasteiger partial charge in [-0.15, -0.1) is 0 Å². The Bertz CT molecular complexity index is 696. The topological polar surface area (TPSA) is 64.4 Å². The molecule has 0 aliphatic heterocycles. The molecule has 5 nitrogen and oxygen atoms in total. The first-order valence-corrected chi connectivity index (χ1v) is 6.76. The highest BCUT2D eigenvalue weighted by Gasteiger charge is 2.51. The van der Waals surface area contributed by atoms with E-state index < -0.39 is 23.4 Å². The number of ether oxygens (including phenoxy) is 1. The van der Waals surface area contributed by atoms with Gasteiger partial charge in [0.15, 0.2) is 11.6 Å². The minimum atomic E-state index is -4.52. The van der Waals surface area contributed by atoms with Crippen molar-refractivity contribution in [2.75, 3.05) is 5.32 Å². The normalized spacial score (nSPS) is 12.1. The van der Waals surface area contributed by atoms with E-state index in [0.29, 0.717) is 5.02 Å². The predicted octanol–water partition coefficient (Wildman–Crippen LogP) is 4.78. The summed E-state index contributed by atoms with van der Waals surface area (Å²) in [4.78, 5) is 11.7. The van der Waals surface area contributed by atoms with Gasteiger partial charge in [0.2, 0.25) is 0 Å². The van der Waals surface area contributed by atoms with Gasteiger partial charge in [0, 0.05) is 11.1 Å². The molecule has 9 heteroatoms. The molecule has 0 saturated carbocycles. The molecule has 2 aromatic rings. The summed E-state index contributed by atoms with van der Waals surface area (Å²) >= 11 is 5.69. The molecule has 0 spiro atoms. The Morgan fingerprint density at radius 3 is 2.43 bits per heavy atom. The van der Waals surface area contributed by atoms with Crippen molar-refractivity contribution in [3.05, 3.63) is 41.1 Å². The molecule has 0 fully saturated rings. The van der Waals surface area contributed by atoms with Crippen LogP contribution in [-0.2, 0) is 5.41 Å². The smallest absolute Gasteiger partial charge is 0.410 e. The fourth-order valence-corrected chi connectivity index (χ4v) is 1.63. The van der Waals surface area contributed by atoms with E-state index in [0.717, 1.165) is 19.9 Å². The fourth-order valence-electron chi connectivity index (χ4n) is 1.51. The zero-order chi connectivity index (χ0) is 17.3. The van der Waals surface area contributed by atoms with Gasteiger partial charge in [-0.05, 0) is 38.1 Å². The Balaban J connectivity index is 2.04. The van der Waals surface area contributed by atoms with Crippen molar-refractivity contribution in [3.63, 3.8) is 0 Å². The van der Waals surface area contributed by atoms with Crippen LogP contribution in [0.25, 0.3) is 0 Å². The highest BCUT2D eigenvalue weighted by molar-refractivity contribution is 6.30. The lowest BCUT2D eigenvalue weighted by Crippen LogP contribution is -2.35. The van der Waals surface area contributed by atoms with Gasteiger partial charge in [-0.1, -0.05) is 16.8 Å². The molecular formula is C14H12ClF3N2O3. The van der Waals surface area contributed by atoms with E-state index in [9.17, 15) is 18.0 Å². The Labute approximate surface area is 134 Å². The molecule has 0 saturated heterocycles. The molecule has 0 aliphatic carbocycles. The van der Waals surface area contributed by atoms with E-state index in [2.05, 4.69) is 15.0 Å². The first-order valence-electron chi connectivity index (χ1n) is 6.38. The van der Waals surface area contributed by atoms with Gasteiger partial charge < -0.3 is 9.26 Å². The summed E-state index contributed by atoms with van der Waals surface area (Å²) in [5, 5.41) is 6.03. The van der Waals surface area contributed by atoms with Gasteiger partial charge in [-0.2, -0.15) is 13.2 Å². The average molecular weight is 349 g/mol. The van der Waals surface area contributed by atoms with Gasteiger partial charge in [0.1, 0.15) is 11.2 Å². The lowest BCUT2D eigenvalue weighted by atomic mass is 9.89. The highest BCUT2D eigenvalue weighted by Crippen LogP contribution is 2.40. The van der Waals surface area contributed by atoms with Crippen LogP contribution in [0, 0.1) is 0 Å². The quantitative estimate of drug-likeness (QED) is 0.867. The van der Waals surface area contributed by atoms with Gasteiger partial charge >= 0.3 is 12.3 Å². The lowest BCUT2D eigenvalue weighted by molar-refractivity contribution is -0.185. The van der Waals surface area contributed by atoms with E-state index in [4.69, 9.17) is 16.3 Å². The number of benzene rings is 1. The second-order valence-electron chi connectivity index (χ2n) is 5.17. The molecule has 2 rings (SSSR count). The van der Waals surface area contributed by atoms with Crippen molar-refractivity contribution in [2.24, 2.45) is 0 Å². The van der Waals surface area contributed by atoms with Crippen LogP contribution in [0.15, 0.2) is 34.9 Å². The van der Waals surface area contributed by atoms with Crippen molar-refractivity contribution in [3.8, 4) is 5.75 Å². The van der Waals surface area contributed by atoms with Gasteiger partial charge in [0.05, 0.1) is 0 Å². The fraction of sp³-hybridized carbons (Fsp3) is 0.286. The molecule has 124 valence electrons. The van der Waals surface area contributed by atoms with Crippen LogP contribution in [0.1, 0.15) is 19.6 Å². The summed E-state index contributed by atoms with van der Waals surface area (Å²) in [5.41, 5.74) is -2.24. The van der Waals surface area contributed by atoms with Crippen molar-refractivity contribution < 1.29 is 27.2 Å². The van der Waals surface area contributed by atoms with Crippen LogP contribution >= 0.6 is 11.6 Å². The van der Waals surface area contributed by atoms with Gasteiger partial charge in [0.25, 0.3) is 0 Å². The zero-order valence-electron chi connectivity index (χ0n) is 12.1. The molecule has 1 aromatic heterocycles. The standard InChI is InChI=1S/C14H12ClF3N2O3/c1-13(2,14(16,17)18)10-7-11(20-23-10)19-12(21)22-9-5-3-8(15)4-6-9/h3-7H,1-2H3,(H,19,20,21). The number of carbonyl (C=O) groups excluding carboxylic acids is 1. The molecule has 23 heavy (non-hydrogen) atoms. The van der Waals surface area contributed by atoms with Crippen LogP contribution in [-0.4, -0.2) is 17.4 Å². The summed E-state index contributed by atoms with van der Waals surface area (Å²) in [6.07, 6.45) is -5.44. The highest BCUT2D eigenvalue weighted by atomic mass is 35.5. The molecule has 1 N–H and O–H groups in total. The second-order valence-corrected chi connectivity index (χ2v) is 5.60. The molecule has 0 atom stereocenters. The number of halogens is 4. The molecule has 1 amide bonds. The summed E-state index contributed by atoms with van der Waals surface area (Å²) in [7, 11) is 0. The third-order valence-electron chi connectivity index (χ3n) is 3.09. The number of rotatable bonds is 3. The Morgan fingerprint density at radius 1 is 1.26 bits per heavy atom. The summed E-state index contributed by atoms with van der Waals surface area (Å²) in [6.45, 7) is 1.90. The summed E-state index contributed by atoms with van der Waals surface area (Å²) < 4.78 is 48.3. The second kappa shape index (κ2) is 6.11. The Morgan fingerprint density at radius 2 is 1.87 bits per heavy atom. The third-order valence-corrected chi connectivity index (χ3v) is 3.34. The Kier molecular flexibility index (Phi) is 4.56. The van der Waals surface area contributed by atoms with Crippen molar-refractivity contribution >= 4 is 23.5 Å². The van der Waals surface area contributed by atoms with E-state index >= 15 is 0 Å². The van der Waals surface area contributed by atoms with Crippen molar-refractivity contribution in [1.82, 2.24) is 5.16 Å². The van der Waals surface area contributed by atoms with Crippen LogP contribution < -0.4 is 10.1 Å². The maximum atomic E-state index is 12.9. The number of amides is 1. The van der Waals surface area contributed by atoms with Crippen LogP contribution in [0.4, 0.5) is 23.8 Å². The number of hydrogen-bond donors (Lipinski definition) is 1. The molecule has 0 bridgehead atoms. The molecule has 0 unspecified atom stereocenters. The first-order chi connectivity index (χ1) is 10.6. The molecular weight excluding hydrogens is 337 g/mol. The molecule has 1 aromatic carbocycles. The third kappa shape index (κ3) is 3.95. The number of carbonyl (C=O) groups is 1. The van der Waals surface area contributed by atoms with E-state index in [1.165, 1.54) is 24.3 Å². The number of alkyl halides is 3. The number of aromatic nitrogens is 1. The Hall–Kier alpha value is -2.22. The largest absolute Gasteiger partial charge is 0.418 e. The zero-order valence-corrected chi connectivity index (χ0v) is 12.8. The number of anilines is 1. The number of hydrogen-bond acceptors (Lipinski definition) is 4. The van der Waals surface area contributed by atoms with E-state index in [1.807, 2.05) is 0 Å². The van der Waals surface area contributed by atoms with Gasteiger partial charge in [-0.25, -0.2) is 4.79 Å². The number of nitrogens with zero attached hydrogens (tertiary/aromatic N) is 1. The van der Waals surface area contributed by atoms with Crippen molar-refractivity contribution in [2.45, 2.75) is 25.4 Å². The summed E-state index contributed by atoms with van der Waals surface area (Å²) in [5.74, 6) is -0.394. The number of nitrogens with one attached hydrogen (secondary N) is 1. The summed E-state index contributed by atoms with van der Waals surface area (Å²) in [6, 6.07) is 6.96. The molecule has 1 heterocycles. The van der Waals surface area contributed by atoms with E-state index in [1.54, 1.807) is 0 Å². The minimum absolute atomic E-state index is 0.184.